The van der Waals surface area contributed by atoms with Crippen molar-refractivity contribution in [2.24, 2.45) is 0 Å². The molecule has 1 aliphatic heterocycles. The number of oxazole rings is 1. The first kappa shape index (κ1) is 12.3. The summed E-state index contributed by atoms with van der Waals surface area (Å²) in [5, 5.41) is 3.28. The van der Waals surface area contributed by atoms with E-state index in [1.807, 2.05) is 18.2 Å². The van der Waals surface area contributed by atoms with E-state index in [2.05, 4.69) is 15.2 Å². The molecule has 0 amide bonds. The van der Waals surface area contributed by atoms with E-state index in [0.717, 1.165) is 42.8 Å². The summed E-state index contributed by atoms with van der Waals surface area (Å²) in [4.78, 5) is 18.3. The zero-order chi connectivity index (χ0) is 13.1. The van der Waals surface area contributed by atoms with E-state index in [1.54, 1.807) is 0 Å². The van der Waals surface area contributed by atoms with Gasteiger partial charge in [0.1, 0.15) is 5.52 Å². The van der Waals surface area contributed by atoms with Crippen molar-refractivity contribution < 1.29 is 9.21 Å². The topological polar surface area (TPSA) is 58.4 Å². The molecule has 1 fully saturated rings. The first-order valence-electron chi connectivity index (χ1n) is 6.58. The third kappa shape index (κ3) is 3.00. The van der Waals surface area contributed by atoms with Gasteiger partial charge >= 0.3 is 0 Å². The zero-order valence-corrected chi connectivity index (χ0v) is 10.8. The van der Waals surface area contributed by atoms with Crippen LogP contribution < -0.4 is 5.32 Å². The fourth-order valence-electron chi connectivity index (χ4n) is 2.41. The van der Waals surface area contributed by atoms with Crippen molar-refractivity contribution in [3.63, 3.8) is 0 Å². The van der Waals surface area contributed by atoms with Gasteiger partial charge in [-0.25, -0.2) is 4.98 Å². The Kier molecular flexibility index (Phi) is 3.57. The Morgan fingerprint density at radius 3 is 3.05 bits per heavy atom. The number of benzene rings is 1. The molecule has 0 saturated carbocycles. The summed E-state index contributed by atoms with van der Waals surface area (Å²) in [6, 6.07) is 5.74. The maximum atomic E-state index is 12.0. The Bertz CT molecular complexity index is 573. The average molecular weight is 259 g/mol. The van der Waals surface area contributed by atoms with E-state index >= 15 is 0 Å². The molecule has 0 spiro atoms. The molecule has 1 N–H and O–H groups in total. The van der Waals surface area contributed by atoms with Gasteiger partial charge in [0.2, 0.25) is 0 Å². The number of Topliss-reactive ketones (excluding diaryl/α,β-unsaturated/α-hetero) is 1. The summed E-state index contributed by atoms with van der Waals surface area (Å²) < 4.78 is 5.25. The number of aromatic nitrogens is 1. The number of hydrogen-bond acceptors (Lipinski definition) is 5. The first-order chi connectivity index (χ1) is 9.31. The van der Waals surface area contributed by atoms with Gasteiger partial charge in [0.15, 0.2) is 17.8 Å². The van der Waals surface area contributed by atoms with Crippen molar-refractivity contribution in [1.29, 1.82) is 0 Å². The van der Waals surface area contributed by atoms with Crippen molar-refractivity contribution in [3.05, 3.63) is 30.2 Å². The molecule has 0 unspecified atom stereocenters. The maximum Gasteiger partial charge on any atom is 0.181 e. The Morgan fingerprint density at radius 2 is 2.21 bits per heavy atom. The normalized spacial score (nSPS) is 16.8. The molecule has 0 atom stereocenters. The first-order valence-corrected chi connectivity index (χ1v) is 6.58. The highest BCUT2D eigenvalue weighted by Crippen LogP contribution is 2.14. The number of nitrogens with zero attached hydrogens (tertiary/aromatic N) is 2. The molecule has 5 heteroatoms. The second-order valence-electron chi connectivity index (χ2n) is 4.90. The molecule has 100 valence electrons. The molecule has 0 aliphatic carbocycles. The molecular formula is C14H17N3O2. The van der Waals surface area contributed by atoms with Crippen LogP contribution in [0.4, 0.5) is 0 Å². The molecule has 3 rings (SSSR count). The van der Waals surface area contributed by atoms with E-state index in [1.165, 1.54) is 6.39 Å². The monoisotopic (exact) mass is 259 g/mol. The lowest BCUT2D eigenvalue weighted by molar-refractivity contribution is -0.119. The SMILES string of the molecule is O=C(Cc1ccc2ncoc2c1)CN1CCNCC1. The van der Waals surface area contributed by atoms with Crippen LogP contribution in [0.3, 0.4) is 0 Å². The summed E-state index contributed by atoms with van der Waals surface area (Å²) in [5.41, 5.74) is 2.56. The molecule has 5 nitrogen and oxygen atoms in total. The largest absolute Gasteiger partial charge is 0.443 e. The third-order valence-electron chi connectivity index (χ3n) is 3.41. The van der Waals surface area contributed by atoms with Crippen LogP contribution in [-0.2, 0) is 11.2 Å². The highest BCUT2D eigenvalue weighted by atomic mass is 16.3. The molecule has 1 aliphatic rings. The van der Waals surface area contributed by atoms with Crippen LogP contribution in [0.1, 0.15) is 5.56 Å². The van der Waals surface area contributed by atoms with Crippen molar-refractivity contribution in [2.45, 2.75) is 6.42 Å². The number of rotatable bonds is 4. The predicted octanol–water partition coefficient (Wildman–Crippen LogP) is 0.845. The van der Waals surface area contributed by atoms with Gasteiger partial charge in [-0.2, -0.15) is 0 Å². The van der Waals surface area contributed by atoms with E-state index in [9.17, 15) is 4.79 Å². The molecular weight excluding hydrogens is 242 g/mol. The van der Waals surface area contributed by atoms with Crippen LogP contribution in [0.2, 0.25) is 0 Å². The highest BCUT2D eigenvalue weighted by Gasteiger charge is 2.14. The average Bonchev–Trinajstić information content (AvgIpc) is 2.87. The van der Waals surface area contributed by atoms with E-state index in [-0.39, 0.29) is 5.78 Å². The van der Waals surface area contributed by atoms with Gasteiger partial charge in [-0.3, -0.25) is 9.69 Å². The van der Waals surface area contributed by atoms with E-state index < -0.39 is 0 Å². The number of hydrogen-bond donors (Lipinski definition) is 1. The van der Waals surface area contributed by atoms with Crippen LogP contribution in [0.15, 0.2) is 29.0 Å². The summed E-state index contributed by atoms with van der Waals surface area (Å²) in [6.45, 7) is 4.38. The summed E-state index contributed by atoms with van der Waals surface area (Å²) in [5.74, 6) is 0.251. The molecule has 0 bridgehead atoms. The van der Waals surface area contributed by atoms with Gasteiger partial charge in [-0.15, -0.1) is 0 Å². The van der Waals surface area contributed by atoms with Gasteiger partial charge in [0.05, 0.1) is 6.54 Å². The lowest BCUT2D eigenvalue weighted by Gasteiger charge is -2.26. The van der Waals surface area contributed by atoms with Gasteiger partial charge in [-0.1, -0.05) is 6.07 Å². The summed E-state index contributed by atoms with van der Waals surface area (Å²) in [7, 11) is 0. The van der Waals surface area contributed by atoms with Crippen LogP contribution in [0.25, 0.3) is 11.1 Å². The van der Waals surface area contributed by atoms with Gasteiger partial charge in [0.25, 0.3) is 0 Å². The van der Waals surface area contributed by atoms with Crippen molar-refractivity contribution >= 4 is 16.9 Å². The number of carbonyl (C=O) groups excluding carboxylic acids is 1. The smallest absolute Gasteiger partial charge is 0.181 e. The summed E-state index contributed by atoms with van der Waals surface area (Å²) >= 11 is 0. The minimum absolute atomic E-state index is 0.251. The van der Waals surface area contributed by atoms with Gasteiger partial charge in [-0.05, 0) is 17.7 Å². The Balaban J connectivity index is 1.61. The fraction of sp³-hybridized carbons (Fsp3) is 0.429. The minimum Gasteiger partial charge on any atom is -0.443 e. The lowest BCUT2D eigenvalue weighted by atomic mass is 10.1. The molecule has 1 aromatic carbocycles. The molecule has 2 heterocycles. The maximum absolute atomic E-state index is 12.0. The van der Waals surface area contributed by atoms with E-state index in [4.69, 9.17) is 4.42 Å². The Morgan fingerprint density at radius 1 is 1.37 bits per heavy atom. The quantitative estimate of drug-likeness (QED) is 0.882. The minimum atomic E-state index is 0.251. The Hall–Kier alpha value is -1.72. The predicted molar refractivity (Wildman–Crippen MR) is 72.0 cm³/mol. The highest BCUT2D eigenvalue weighted by molar-refractivity contribution is 5.84. The van der Waals surface area contributed by atoms with Crippen LogP contribution in [0, 0.1) is 0 Å². The zero-order valence-electron chi connectivity index (χ0n) is 10.8. The molecule has 0 radical (unpaired) electrons. The molecule has 2 aromatic rings. The second-order valence-corrected chi connectivity index (χ2v) is 4.90. The number of fused-ring (bicyclic) bond motifs is 1. The van der Waals surface area contributed by atoms with Crippen molar-refractivity contribution in [1.82, 2.24) is 15.2 Å². The lowest BCUT2D eigenvalue weighted by Crippen LogP contribution is -2.45. The number of ketones is 1. The number of piperazine rings is 1. The fourth-order valence-corrected chi connectivity index (χ4v) is 2.41. The number of nitrogens with one attached hydrogen (secondary N) is 1. The van der Waals surface area contributed by atoms with Gasteiger partial charge < -0.3 is 9.73 Å². The van der Waals surface area contributed by atoms with Crippen LogP contribution in [-0.4, -0.2) is 48.4 Å². The van der Waals surface area contributed by atoms with Crippen molar-refractivity contribution in [3.8, 4) is 0 Å². The summed E-state index contributed by atoms with van der Waals surface area (Å²) in [6.07, 6.45) is 1.89. The Labute approximate surface area is 111 Å². The third-order valence-corrected chi connectivity index (χ3v) is 3.41. The molecule has 1 aromatic heterocycles. The number of carbonyl (C=O) groups is 1. The second kappa shape index (κ2) is 5.50. The van der Waals surface area contributed by atoms with Crippen LogP contribution >= 0.6 is 0 Å². The van der Waals surface area contributed by atoms with Crippen LogP contribution in [0.5, 0.6) is 0 Å². The molecule has 1 saturated heterocycles. The molecule has 19 heavy (non-hydrogen) atoms. The van der Waals surface area contributed by atoms with Gasteiger partial charge in [0, 0.05) is 32.6 Å². The standard InChI is InChI=1S/C14H17N3O2/c18-12(9-17-5-3-15-4-6-17)7-11-1-2-13-14(8-11)19-10-16-13/h1-2,8,10,15H,3-7,9H2. The van der Waals surface area contributed by atoms with E-state index in [0.29, 0.717) is 13.0 Å². The van der Waals surface area contributed by atoms with Crippen molar-refractivity contribution in [2.75, 3.05) is 32.7 Å².